The molecule has 0 unspecified atom stereocenters. The normalized spacial score (nSPS) is 10.8. The highest BCUT2D eigenvalue weighted by molar-refractivity contribution is 5.48. The molecule has 0 saturated heterocycles. The highest BCUT2D eigenvalue weighted by Crippen LogP contribution is 2.22. The summed E-state index contributed by atoms with van der Waals surface area (Å²) in [6, 6.07) is 0. The molecule has 0 fully saturated rings. The molecule has 0 radical (unpaired) electrons. The first-order valence-corrected chi connectivity index (χ1v) is 7.19. The van der Waals surface area contributed by atoms with Crippen LogP contribution in [0.4, 0.5) is 5.82 Å². The Hall–Kier alpha value is -1.36. The van der Waals surface area contributed by atoms with Gasteiger partial charge < -0.3 is 15.0 Å². The van der Waals surface area contributed by atoms with Crippen molar-refractivity contribution in [3.05, 3.63) is 11.9 Å². The van der Waals surface area contributed by atoms with Gasteiger partial charge in [-0.15, -0.1) is 0 Å². The third kappa shape index (κ3) is 4.67. The molecule has 0 atom stereocenters. The van der Waals surface area contributed by atoms with E-state index in [1.165, 1.54) is 0 Å². The van der Waals surface area contributed by atoms with Crippen molar-refractivity contribution in [1.82, 2.24) is 14.9 Å². The maximum atomic E-state index is 5.82. The second kappa shape index (κ2) is 8.69. The van der Waals surface area contributed by atoms with E-state index in [2.05, 4.69) is 47.9 Å². The summed E-state index contributed by atoms with van der Waals surface area (Å²) in [6.45, 7) is 13.0. The first-order valence-electron chi connectivity index (χ1n) is 7.19. The number of aromatic nitrogens is 2. The molecule has 108 valence electrons. The standard InChI is InChI=1S/C14H26N4O/c1-5-12-13(15-6-2)16-11-17-14(12)19-10-9-18(7-3)8-4/h11H,5-10H2,1-4H3,(H,15,16,17). The lowest BCUT2D eigenvalue weighted by atomic mass is 10.2. The van der Waals surface area contributed by atoms with Crippen LogP contribution in [-0.2, 0) is 6.42 Å². The zero-order chi connectivity index (χ0) is 14.1. The fraction of sp³-hybridized carbons (Fsp3) is 0.714. The van der Waals surface area contributed by atoms with Gasteiger partial charge in [-0.3, -0.25) is 0 Å². The molecule has 0 amide bonds. The van der Waals surface area contributed by atoms with E-state index in [-0.39, 0.29) is 0 Å². The molecular formula is C14H26N4O. The summed E-state index contributed by atoms with van der Waals surface area (Å²) in [7, 11) is 0. The van der Waals surface area contributed by atoms with Crippen molar-refractivity contribution in [1.29, 1.82) is 0 Å². The number of rotatable bonds is 9. The SMILES string of the molecule is CCNc1ncnc(OCCN(CC)CC)c1CC. The Bertz CT molecular complexity index is 366. The second-order valence-corrected chi connectivity index (χ2v) is 4.27. The van der Waals surface area contributed by atoms with Gasteiger partial charge in [0.2, 0.25) is 5.88 Å². The number of nitrogens with one attached hydrogen (secondary N) is 1. The van der Waals surface area contributed by atoms with Gasteiger partial charge in [-0.25, -0.2) is 9.97 Å². The highest BCUT2D eigenvalue weighted by Gasteiger charge is 2.10. The number of ether oxygens (including phenoxy) is 1. The molecule has 5 nitrogen and oxygen atoms in total. The summed E-state index contributed by atoms with van der Waals surface area (Å²) in [5, 5.41) is 3.25. The average molecular weight is 266 g/mol. The van der Waals surface area contributed by atoms with Crippen molar-refractivity contribution in [2.45, 2.75) is 34.1 Å². The minimum absolute atomic E-state index is 0.664. The molecule has 0 aliphatic heterocycles. The Morgan fingerprint density at radius 1 is 1.16 bits per heavy atom. The number of hydrogen-bond donors (Lipinski definition) is 1. The molecule has 0 spiro atoms. The van der Waals surface area contributed by atoms with Crippen LogP contribution in [0.3, 0.4) is 0 Å². The number of anilines is 1. The molecule has 19 heavy (non-hydrogen) atoms. The largest absolute Gasteiger partial charge is 0.476 e. The van der Waals surface area contributed by atoms with E-state index in [0.29, 0.717) is 12.5 Å². The van der Waals surface area contributed by atoms with E-state index in [9.17, 15) is 0 Å². The van der Waals surface area contributed by atoms with Crippen molar-refractivity contribution < 1.29 is 4.74 Å². The first kappa shape index (κ1) is 15.7. The van der Waals surface area contributed by atoms with E-state index < -0.39 is 0 Å². The van der Waals surface area contributed by atoms with Crippen LogP contribution in [0.25, 0.3) is 0 Å². The fourth-order valence-electron chi connectivity index (χ4n) is 1.97. The smallest absolute Gasteiger partial charge is 0.221 e. The Kier molecular flexibility index (Phi) is 7.18. The zero-order valence-electron chi connectivity index (χ0n) is 12.6. The lowest BCUT2D eigenvalue weighted by Crippen LogP contribution is -2.28. The summed E-state index contributed by atoms with van der Waals surface area (Å²) in [5.41, 5.74) is 1.06. The Labute approximate surface area is 116 Å². The van der Waals surface area contributed by atoms with Gasteiger partial charge >= 0.3 is 0 Å². The Morgan fingerprint density at radius 3 is 2.47 bits per heavy atom. The van der Waals surface area contributed by atoms with Crippen molar-refractivity contribution in [3.8, 4) is 5.88 Å². The molecule has 0 bridgehead atoms. The van der Waals surface area contributed by atoms with Gasteiger partial charge in [-0.05, 0) is 26.4 Å². The highest BCUT2D eigenvalue weighted by atomic mass is 16.5. The van der Waals surface area contributed by atoms with Crippen LogP contribution in [0.2, 0.25) is 0 Å². The van der Waals surface area contributed by atoms with Crippen molar-refractivity contribution in [2.24, 2.45) is 0 Å². The molecule has 0 aromatic carbocycles. The van der Waals surface area contributed by atoms with Crippen molar-refractivity contribution in [2.75, 3.05) is 38.1 Å². The maximum Gasteiger partial charge on any atom is 0.221 e. The Morgan fingerprint density at radius 2 is 1.89 bits per heavy atom. The van der Waals surface area contributed by atoms with Gasteiger partial charge in [0.05, 0.1) is 5.56 Å². The molecule has 1 N–H and O–H groups in total. The molecular weight excluding hydrogens is 240 g/mol. The van der Waals surface area contributed by atoms with Crippen LogP contribution in [0.15, 0.2) is 6.33 Å². The van der Waals surface area contributed by atoms with Gasteiger partial charge in [0.1, 0.15) is 18.8 Å². The number of hydrogen-bond acceptors (Lipinski definition) is 5. The molecule has 0 saturated carbocycles. The zero-order valence-corrected chi connectivity index (χ0v) is 12.6. The van der Waals surface area contributed by atoms with Crippen LogP contribution in [0.5, 0.6) is 5.88 Å². The molecule has 0 aliphatic carbocycles. The van der Waals surface area contributed by atoms with Crippen molar-refractivity contribution >= 4 is 5.82 Å². The quantitative estimate of drug-likeness (QED) is 0.742. The molecule has 1 rings (SSSR count). The summed E-state index contributed by atoms with van der Waals surface area (Å²) in [4.78, 5) is 10.8. The first-order chi connectivity index (χ1) is 9.26. The van der Waals surface area contributed by atoms with E-state index in [0.717, 1.165) is 44.0 Å². The lowest BCUT2D eigenvalue weighted by molar-refractivity contribution is 0.216. The fourth-order valence-corrected chi connectivity index (χ4v) is 1.97. The molecule has 1 aromatic rings. The van der Waals surface area contributed by atoms with Crippen LogP contribution in [0, 0.1) is 0 Å². The second-order valence-electron chi connectivity index (χ2n) is 4.27. The number of nitrogens with zero attached hydrogens (tertiary/aromatic N) is 3. The van der Waals surface area contributed by atoms with E-state index in [4.69, 9.17) is 4.74 Å². The maximum absolute atomic E-state index is 5.82. The third-order valence-corrected chi connectivity index (χ3v) is 3.14. The van der Waals surface area contributed by atoms with E-state index >= 15 is 0 Å². The topological polar surface area (TPSA) is 50.3 Å². The van der Waals surface area contributed by atoms with Crippen LogP contribution in [-0.4, -0.2) is 47.7 Å². The van der Waals surface area contributed by atoms with Gasteiger partial charge in [0.25, 0.3) is 0 Å². The predicted molar refractivity (Wildman–Crippen MR) is 78.9 cm³/mol. The average Bonchev–Trinajstić information content (AvgIpc) is 2.44. The van der Waals surface area contributed by atoms with Gasteiger partial charge in [-0.1, -0.05) is 20.8 Å². The van der Waals surface area contributed by atoms with Crippen LogP contribution < -0.4 is 10.1 Å². The van der Waals surface area contributed by atoms with Gasteiger partial charge in [-0.2, -0.15) is 0 Å². The third-order valence-electron chi connectivity index (χ3n) is 3.14. The molecule has 0 aliphatic rings. The number of likely N-dealkylation sites (N-methyl/N-ethyl adjacent to an activating group) is 1. The predicted octanol–water partition coefficient (Wildman–Crippen LogP) is 2.19. The van der Waals surface area contributed by atoms with Gasteiger partial charge in [0, 0.05) is 13.1 Å². The minimum Gasteiger partial charge on any atom is -0.476 e. The van der Waals surface area contributed by atoms with Crippen LogP contribution >= 0.6 is 0 Å². The van der Waals surface area contributed by atoms with Crippen molar-refractivity contribution in [3.63, 3.8) is 0 Å². The molecule has 1 aromatic heterocycles. The van der Waals surface area contributed by atoms with E-state index in [1.807, 2.05) is 0 Å². The van der Waals surface area contributed by atoms with Crippen LogP contribution in [0.1, 0.15) is 33.3 Å². The molecule has 5 heteroatoms. The monoisotopic (exact) mass is 266 g/mol. The lowest BCUT2D eigenvalue weighted by Gasteiger charge is -2.18. The van der Waals surface area contributed by atoms with Gasteiger partial charge in [0.15, 0.2) is 0 Å². The summed E-state index contributed by atoms with van der Waals surface area (Å²) in [5.74, 6) is 1.60. The van der Waals surface area contributed by atoms with E-state index in [1.54, 1.807) is 6.33 Å². The summed E-state index contributed by atoms with van der Waals surface area (Å²) < 4.78 is 5.82. The molecule has 1 heterocycles. The summed E-state index contributed by atoms with van der Waals surface area (Å²) in [6.07, 6.45) is 2.42. The minimum atomic E-state index is 0.664. The summed E-state index contributed by atoms with van der Waals surface area (Å²) >= 11 is 0. The Balaban J connectivity index is 2.64.